The van der Waals surface area contributed by atoms with Gasteiger partial charge in [-0.25, -0.2) is 0 Å². The Hall–Kier alpha value is -0.670. The molecule has 0 saturated heterocycles. The van der Waals surface area contributed by atoms with E-state index in [9.17, 15) is 4.21 Å². The fourth-order valence-electron chi connectivity index (χ4n) is 1.32. The van der Waals surface area contributed by atoms with E-state index in [1.165, 1.54) is 5.56 Å². The quantitative estimate of drug-likeness (QED) is 0.715. The Balaban J connectivity index is 2.32. The van der Waals surface area contributed by atoms with Crippen molar-refractivity contribution in [3.63, 3.8) is 0 Å². The van der Waals surface area contributed by atoms with Crippen molar-refractivity contribution >= 4 is 10.8 Å². The van der Waals surface area contributed by atoms with Crippen molar-refractivity contribution in [3.8, 4) is 0 Å². The minimum atomic E-state index is -0.886. The van der Waals surface area contributed by atoms with Crippen LogP contribution in [0.25, 0.3) is 0 Å². The molecule has 1 unspecified atom stereocenters. The number of aryl methyl sites for hydroxylation is 1. The van der Waals surface area contributed by atoms with Gasteiger partial charge in [-0.15, -0.1) is 0 Å². The highest BCUT2D eigenvalue weighted by atomic mass is 32.2. The smallest absolute Gasteiger partial charge is 0.0530 e. The van der Waals surface area contributed by atoms with E-state index < -0.39 is 10.8 Å². The van der Waals surface area contributed by atoms with Crippen LogP contribution in [0.5, 0.6) is 0 Å². The first kappa shape index (κ1) is 13.4. The minimum absolute atomic E-state index is 0.257. The molecule has 3 heteroatoms. The van der Waals surface area contributed by atoms with Crippen LogP contribution >= 0.6 is 0 Å². The van der Waals surface area contributed by atoms with E-state index in [0.717, 1.165) is 11.3 Å². The molecular formula is C13H20O2S. The highest BCUT2D eigenvalue weighted by molar-refractivity contribution is 7.85. The van der Waals surface area contributed by atoms with Crippen LogP contribution in [0.3, 0.4) is 0 Å². The van der Waals surface area contributed by atoms with Gasteiger partial charge in [0, 0.05) is 17.3 Å². The molecule has 0 bridgehead atoms. The maximum absolute atomic E-state index is 11.9. The van der Waals surface area contributed by atoms with E-state index in [2.05, 4.69) is 0 Å². The first-order valence-corrected chi connectivity index (χ1v) is 6.98. The third kappa shape index (κ3) is 4.90. The number of rotatable bonds is 6. The fourth-order valence-corrected chi connectivity index (χ4v) is 2.37. The maximum Gasteiger partial charge on any atom is 0.0530 e. The van der Waals surface area contributed by atoms with Gasteiger partial charge in [-0.2, -0.15) is 0 Å². The van der Waals surface area contributed by atoms with Gasteiger partial charge < -0.3 is 4.74 Å². The lowest BCUT2D eigenvalue weighted by molar-refractivity contribution is 0.0798. The maximum atomic E-state index is 11.9. The lowest BCUT2D eigenvalue weighted by Crippen LogP contribution is -2.07. The van der Waals surface area contributed by atoms with E-state index in [1.807, 2.05) is 45.0 Å². The first-order valence-electron chi connectivity index (χ1n) is 5.66. The van der Waals surface area contributed by atoms with Crippen LogP contribution in [0.4, 0.5) is 0 Å². The van der Waals surface area contributed by atoms with Gasteiger partial charge in [-0.3, -0.25) is 4.21 Å². The minimum Gasteiger partial charge on any atom is -0.379 e. The SMILES string of the molecule is Cc1ccc(S(=O)CCCOC(C)C)cc1. The van der Waals surface area contributed by atoms with Crippen LogP contribution in [-0.2, 0) is 15.5 Å². The van der Waals surface area contributed by atoms with E-state index in [4.69, 9.17) is 4.74 Å². The monoisotopic (exact) mass is 240 g/mol. The molecule has 0 spiro atoms. The molecule has 90 valence electrons. The average Bonchev–Trinajstić information content (AvgIpc) is 2.25. The van der Waals surface area contributed by atoms with E-state index in [1.54, 1.807) is 0 Å². The summed E-state index contributed by atoms with van der Waals surface area (Å²) < 4.78 is 17.3. The average molecular weight is 240 g/mol. The fraction of sp³-hybridized carbons (Fsp3) is 0.538. The summed E-state index contributed by atoms with van der Waals surface area (Å²) in [5.41, 5.74) is 1.20. The predicted octanol–water partition coefficient (Wildman–Crippen LogP) is 2.92. The van der Waals surface area contributed by atoms with E-state index >= 15 is 0 Å². The van der Waals surface area contributed by atoms with Crippen molar-refractivity contribution in [1.29, 1.82) is 0 Å². The molecule has 0 heterocycles. The summed E-state index contributed by atoms with van der Waals surface area (Å²) in [7, 11) is -0.886. The van der Waals surface area contributed by atoms with Crippen LogP contribution in [-0.4, -0.2) is 22.7 Å². The molecule has 0 aliphatic rings. The zero-order valence-electron chi connectivity index (χ0n) is 10.2. The summed E-state index contributed by atoms with van der Waals surface area (Å²) in [4.78, 5) is 0.912. The second-order valence-corrected chi connectivity index (χ2v) is 5.71. The second kappa shape index (κ2) is 6.81. The Bertz CT molecular complexity index is 330. The van der Waals surface area contributed by atoms with Crippen molar-refractivity contribution in [3.05, 3.63) is 29.8 Å². The Morgan fingerprint density at radius 3 is 2.44 bits per heavy atom. The van der Waals surface area contributed by atoms with Crippen LogP contribution in [0, 0.1) is 6.92 Å². The number of ether oxygens (including phenoxy) is 1. The summed E-state index contributed by atoms with van der Waals surface area (Å²) in [5.74, 6) is 0.676. The van der Waals surface area contributed by atoms with Crippen molar-refractivity contribution in [2.24, 2.45) is 0 Å². The van der Waals surface area contributed by atoms with Crippen molar-refractivity contribution in [1.82, 2.24) is 0 Å². The Kier molecular flexibility index (Phi) is 5.71. The molecule has 1 rings (SSSR count). The van der Waals surface area contributed by atoms with Crippen molar-refractivity contribution in [2.75, 3.05) is 12.4 Å². The standard InChI is InChI=1S/C13H20O2S/c1-11(2)15-9-4-10-16(14)13-7-5-12(3)6-8-13/h5-8,11H,4,9-10H2,1-3H3. The summed E-state index contributed by atoms with van der Waals surface area (Å²) in [5, 5.41) is 0. The Labute approximate surface area is 100 Å². The number of hydrogen-bond acceptors (Lipinski definition) is 2. The third-order valence-electron chi connectivity index (χ3n) is 2.21. The first-order chi connectivity index (χ1) is 7.59. The molecule has 0 aliphatic heterocycles. The van der Waals surface area contributed by atoms with Gasteiger partial charge in [0.2, 0.25) is 0 Å². The lowest BCUT2D eigenvalue weighted by Gasteiger charge is -2.07. The van der Waals surface area contributed by atoms with Crippen LogP contribution in [0.1, 0.15) is 25.8 Å². The van der Waals surface area contributed by atoms with Gasteiger partial charge >= 0.3 is 0 Å². The predicted molar refractivity (Wildman–Crippen MR) is 68.2 cm³/mol. The third-order valence-corrected chi connectivity index (χ3v) is 3.67. The topological polar surface area (TPSA) is 26.3 Å². The molecule has 2 nitrogen and oxygen atoms in total. The molecule has 0 N–H and O–H groups in total. The summed E-state index contributed by atoms with van der Waals surface area (Å²) in [6.07, 6.45) is 1.10. The molecule has 0 aromatic heterocycles. The van der Waals surface area contributed by atoms with Crippen LogP contribution < -0.4 is 0 Å². The summed E-state index contributed by atoms with van der Waals surface area (Å²) in [6, 6.07) is 7.87. The van der Waals surface area contributed by atoms with Crippen LogP contribution in [0.15, 0.2) is 29.2 Å². The van der Waals surface area contributed by atoms with Gasteiger partial charge in [-0.05, 0) is 39.3 Å². The van der Waals surface area contributed by atoms with Gasteiger partial charge in [0.05, 0.1) is 16.9 Å². The molecule has 16 heavy (non-hydrogen) atoms. The molecular weight excluding hydrogens is 220 g/mol. The number of benzene rings is 1. The second-order valence-electron chi connectivity index (χ2n) is 4.14. The van der Waals surface area contributed by atoms with Crippen molar-refractivity contribution in [2.45, 2.75) is 38.2 Å². The zero-order chi connectivity index (χ0) is 12.0. The summed E-state index contributed by atoms with van der Waals surface area (Å²) >= 11 is 0. The van der Waals surface area contributed by atoms with Gasteiger partial charge in [0.25, 0.3) is 0 Å². The van der Waals surface area contributed by atoms with E-state index in [0.29, 0.717) is 12.4 Å². The molecule has 0 saturated carbocycles. The molecule has 0 fully saturated rings. The van der Waals surface area contributed by atoms with E-state index in [-0.39, 0.29) is 6.10 Å². The Morgan fingerprint density at radius 1 is 1.25 bits per heavy atom. The van der Waals surface area contributed by atoms with Crippen LogP contribution in [0.2, 0.25) is 0 Å². The largest absolute Gasteiger partial charge is 0.379 e. The highest BCUT2D eigenvalue weighted by Gasteiger charge is 2.03. The highest BCUT2D eigenvalue weighted by Crippen LogP contribution is 2.09. The number of hydrogen-bond donors (Lipinski definition) is 0. The molecule has 0 amide bonds. The molecule has 1 atom stereocenters. The van der Waals surface area contributed by atoms with Gasteiger partial charge in [-0.1, -0.05) is 17.7 Å². The lowest BCUT2D eigenvalue weighted by atomic mass is 10.2. The Morgan fingerprint density at radius 2 is 1.88 bits per heavy atom. The molecule has 0 radical (unpaired) electrons. The normalized spacial score (nSPS) is 13.0. The molecule has 0 aliphatic carbocycles. The summed E-state index contributed by atoms with van der Waals surface area (Å²) in [6.45, 7) is 6.74. The van der Waals surface area contributed by atoms with Crippen molar-refractivity contribution < 1.29 is 8.95 Å². The molecule has 1 aromatic carbocycles. The zero-order valence-corrected chi connectivity index (χ0v) is 11.0. The van der Waals surface area contributed by atoms with Gasteiger partial charge in [0.1, 0.15) is 0 Å². The van der Waals surface area contributed by atoms with Gasteiger partial charge in [0.15, 0.2) is 0 Å². The molecule has 1 aromatic rings.